The van der Waals surface area contributed by atoms with Crippen molar-refractivity contribution in [2.24, 2.45) is 0 Å². The molecule has 0 aliphatic carbocycles. The summed E-state index contributed by atoms with van der Waals surface area (Å²) in [7, 11) is 0. The molecule has 0 N–H and O–H groups in total. The van der Waals surface area contributed by atoms with E-state index in [2.05, 4.69) is 32.9 Å². The largest absolute Gasteiger partial charge is 0.192 e. The maximum atomic E-state index is 8.82. The van der Waals surface area contributed by atoms with E-state index in [1.807, 2.05) is 13.0 Å². The van der Waals surface area contributed by atoms with Gasteiger partial charge in [-0.05, 0) is 42.5 Å². The van der Waals surface area contributed by atoms with Crippen molar-refractivity contribution in [3.63, 3.8) is 0 Å². The Labute approximate surface area is 80.0 Å². The first kappa shape index (κ1) is 9.80. The van der Waals surface area contributed by atoms with Crippen LogP contribution in [0.2, 0.25) is 0 Å². The maximum Gasteiger partial charge on any atom is 0.0994 e. The van der Waals surface area contributed by atoms with E-state index in [1.54, 1.807) is 0 Å². The lowest BCUT2D eigenvalue weighted by Crippen LogP contribution is -1.95. The van der Waals surface area contributed by atoms with Gasteiger partial charge in [-0.15, -0.1) is 0 Å². The second kappa shape index (κ2) is 3.62. The van der Waals surface area contributed by atoms with Crippen LogP contribution in [0.5, 0.6) is 0 Å². The number of hydrogen-bond acceptors (Lipinski definition) is 1. The zero-order chi connectivity index (χ0) is 10.0. The second-order valence-electron chi connectivity index (χ2n) is 3.79. The highest BCUT2D eigenvalue weighted by molar-refractivity contribution is 5.44. The monoisotopic (exact) mass is 173 g/mol. The predicted octanol–water partition coefficient (Wildman–Crippen LogP) is 3.30. The summed E-state index contributed by atoms with van der Waals surface area (Å²) >= 11 is 0. The Morgan fingerprint density at radius 2 is 1.77 bits per heavy atom. The molecule has 1 aromatic carbocycles. The third-order valence-corrected chi connectivity index (χ3v) is 2.36. The molecular formula is C12H15N. The van der Waals surface area contributed by atoms with Crippen LogP contribution in [0.1, 0.15) is 42.0 Å². The van der Waals surface area contributed by atoms with Gasteiger partial charge in [0.25, 0.3) is 0 Å². The molecule has 1 aromatic rings. The van der Waals surface area contributed by atoms with E-state index in [1.165, 1.54) is 11.1 Å². The van der Waals surface area contributed by atoms with Gasteiger partial charge >= 0.3 is 0 Å². The summed E-state index contributed by atoms with van der Waals surface area (Å²) in [5.41, 5.74) is 4.44. The van der Waals surface area contributed by atoms with Crippen molar-refractivity contribution in [1.29, 1.82) is 5.26 Å². The van der Waals surface area contributed by atoms with Crippen molar-refractivity contribution in [1.82, 2.24) is 0 Å². The maximum absolute atomic E-state index is 8.82. The van der Waals surface area contributed by atoms with Gasteiger partial charge in [-0.3, -0.25) is 0 Å². The molecule has 0 radical (unpaired) electrons. The third kappa shape index (κ3) is 1.89. The van der Waals surface area contributed by atoms with Crippen LogP contribution in [0, 0.1) is 25.2 Å². The van der Waals surface area contributed by atoms with E-state index in [0.29, 0.717) is 5.92 Å². The van der Waals surface area contributed by atoms with Gasteiger partial charge in [0.1, 0.15) is 0 Å². The first-order valence-corrected chi connectivity index (χ1v) is 4.57. The first-order valence-electron chi connectivity index (χ1n) is 4.57. The molecule has 0 aromatic heterocycles. The number of rotatable bonds is 1. The molecule has 13 heavy (non-hydrogen) atoms. The fourth-order valence-corrected chi connectivity index (χ4v) is 1.58. The van der Waals surface area contributed by atoms with Gasteiger partial charge in [0.2, 0.25) is 0 Å². The van der Waals surface area contributed by atoms with E-state index in [4.69, 9.17) is 5.26 Å². The molecule has 0 amide bonds. The van der Waals surface area contributed by atoms with Crippen LogP contribution >= 0.6 is 0 Å². The average Bonchev–Trinajstić information content (AvgIpc) is 2.07. The van der Waals surface area contributed by atoms with Crippen molar-refractivity contribution in [3.05, 3.63) is 34.4 Å². The number of hydrogen-bond donors (Lipinski definition) is 0. The zero-order valence-corrected chi connectivity index (χ0v) is 8.68. The summed E-state index contributed by atoms with van der Waals surface area (Å²) in [6.45, 7) is 8.40. The summed E-state index contributed by atoms with van der Waals surface area (Å²) in [4.78, 5) is 0. The van der Waals surface area contributed by atoms with Gasteiger partial charge in [-0.1, -0.05) is 19.9 Å². The normalized spacial score (nSPS) is 10.2. The fraction of sp³-hybridized carbons (Fsp3) is 0.417. The van der Waals surface area contributed by atoms with Crippen molar-refractivity contribution >= 4 is 0 Å². The Morgan fingerprint density at radius 3 is 2.23 bits per heavy atom. The highest BCUT2D eigenvalue weighted by Crippen LogP contribution is 2.22. The molecule has 0 fully saturated rings. The van der Waals surface area contributed by atoms with E-state index in [-0.39, 0.29) is 0 Å². The fourth-order valence-electron chi connectivity index (χ4n) is 1.58. The SMILES string of the molecule is Cc1cc(C(C)C)c(C)cc1C#N. The Balaban J connectivity index is 3.31. The van der Waals surface area contributed by atoms with E-state index < -0.39 is 0 Å². The first-order chi connectivity index (χ1) is 6.06. The van der Waals surface area contributed by atoms with Gasteiger partial charge in [-0.2, -0.15) is 5.26 Å². The standard InChI is InChI=1S/C12H15N/c1-8(2)12-6-9(3)11(7-13)5-10(12)4/h5-6,8H,1-4H3. The molecule has 0 saturated heterocycles. The van der Waals surface area contributed by atoms with Crippen LogP contribution in [0.4, 0.5) is 0 Å². The number of benzene rings is 1. The molecule has 0 saturated carbocycles. The molecule has 0 atom stereocenters. The zero-order valence-electron chi connectivity index (χ0n) is 8.68. The topological polar surface area (TPSA) is 23.8 Å². The Morgan fingerprint density at radius 1 is 1.15 bits per heavy atom. The average molecular weight is 173 g/mol. The molecular weight excluding hydrogens is 158 g/mol. The lowest BCUT2D eigenvalue weighted by molar-refractivity contribution is 0.854. The van der Waals surface area contributed by atoms with E-state index >= 15 is 0 Å². The molecule has 1 nitrogen and oxygen atoms in total. The van der Waals surface area contributed by atoms with Gasteiger partial charge in [-0.25, -0.2) is 0 Å². The Kier molecular flexibility index (Phi) is 2.72. The molecule has 0 spiro atoms. The highest BCUT2D eigenvalue weighted by atomic mass is 14.2. The predicted molar refractivity (Wildman–Crippen MR) is 54.7 cm³/mol. The van der Waals surface area contributed by atoms with Gasteiger partial charge in [0.15, 0.2) is 0 Å². The minimum Gasteiger partial charge on any atom is -0.192 e. The van der Waals surface area contributed by atoms with Crippen LogP contribution in [-0.4, -0.2) is 0 Å². The molecule has 1 heteroatoms. The van der Waals surface area contributed by atoms with Gasteiger partial charge in [0, 0.05) is 0 Å². The summed E-state index contributed by atoms with van der Waals surface area (Å²) in [6.07, 6.45) is 0. The summed E-state index contributed by atoms with van der Waals surface area (Å²) in [5, 5.41) is 8.82. The molecule has 68 valence electrons. The summed E-state index contributed by atoms with van der Waals surface area (Å²) in [5.74, 6) is 0.534. The van der Waals surface area contributed by atoms with Crippen LogP contribution in [0.15, 0.2) is 12.1 Å². The van der Waals surface area contributed by atoms with Crippen LogP contribution in [-0.2, 0) is 0 Å². The van der Waals surface area contributed by atoms with Crippen molar-refractivity contribution in [2.75, 3.05) is 0 Å². The number of aryl methyl sites for hydroxylation is 2. The van der Waals surface area contributed by atoms with Gasteiger partial charge in [0.05, 0.1) is 11.6 Å². The number of nitrogens with zero attached hydrogens (tertiary/aromatic N) is 1. The molecule has 0 unspecified atom stereocenters. The molecule has 0 aliphatic heterocycles. The van der Waals surface area contributed by atoms with Crippen molar-refractivity contribution in [2.45, 2.75) is 33.6 Å². The Bertz CT molecular complexity index is 356. The molecule has 0 bridgehead atoms. The quantitative estimate of drug-likeness (QED) is 0.639. The summed E-state index contributed by atoms with van der Waals surface area (Å²) < 4.78 is 0. The van der Waals surface area contributed by atoms with Crippen molar-refractivity contribution in [3.8, 4) is 6.07 Å². The smallest absolute Gasteiger partial charge is 0.0994 e. The van der Waals surface area contributed by atoms with E-state index in [9.17, 15) is 0 Å². The van der Waals surface area contributed by atoms with Crippen LogP contribution in [0.25, 0.3) is 0 Å². The van der Waals surface area contributed by atoms with Crippen molar-refractivity contribution < 1.29 is 0 Å². The summed E-state index contributed by atoms with van der Waals surface area (Å²) in [6, 6.07) is 6.30. The highest BCUT2D eigenvalue weighted by Gasteiger charge is 2.06. The molecule has 0 heterocycles. The minimum absolute atomic E-state index is 0.534. The van der Waals surface area contributed by atoms with Crippen LogP contribution < -0.4 is 0 Å². The molecule has 0 aliphatic rings. The second-order valence-corrected chi connectivity index (χ2v) is 3.79. The Hall–Kier alpha value is -1.29. The van der Waals surface area contributed by atoms with E-state index in [0.717, 1.165) is 11.1 Å². The molecule has 1 rings (SSSR count). The van der Waals surface area contributed by atoms with Crippen LogP contribution in [0.3, 0.4) is 0 Å². The minimum atomic E-state index is 0.534. The lowest BCUT2D eigenvalue weighted by atomic mass is 9.93. The lowest BCUT2D eigenvalue weighted by Gasteiger charge is -2.11. The third-order valence-electron chi connectivity index (χ3n) is 2.36. The number of nitriles is 1. The van der Waals surface area contributed by atoms with Gasteiger partial charge < -0.3 is 0 Å².